The third-order valence-corrected chi connectivity index (χ3v) is 11.4. The van der Waals surface area contributed by atoms with Crippen molar-refractivity contribution in [3.63, 3.8) is 0 Å². The number of nitrogens with two attached hydrogens (primary N) is 1. The quantitative estimate of drug-likeness (QED) is 0.0949. The van der Waals surface area contributed by atoms with Gasteiger partial charge >= 0.3 is 17.9 Å². The Labute approximate surface area is 259 Å². The van der Waals surface area contributed by atoms with Gasteiger partial charge in [-0.3, -0.25) is 14.4 Å². The van der Waals surface area contributed by atoms with Crippen LogP contribution in [0, 0.1) is 28.1 Å². The number of hydrogen-bond donors (Lipinski definition) is 4. The van der Waals surface area contributed by atoms with Crippen molar-refractivity contribution in [2.75, 3.05) is 7.11 Å². The van der Waals surface area contributed by atoms with Gasteiger partial charge in [0.15, 0.2) is 5.82 Å². The Bertz CT molecular complexity index is 1190. The summed E-state index contributed by atoms with van der Waals surface area (Å²) in [5.74, 6) is 1.99. The number of oxime groups is 1. The molecule has 8 fully saturated rings. The van der Waals surface area contributed by atoms with E-state index < -0.39 is 22.8 Å². The number of aromatic nitrogens is 2. The molecule has 12 nitrogen and oxygen atoms in total. The van der Waals surface area contributed by atoms with E-state index in [2.05, 4.69) is 15.3 Å². The molecule has 0 unspecified atom stereocenters. The molecule has 246 valence electrons. The molecule has 0 atom stereocenters. The molecule has 12 heteroatoms. The van der Waals surface area contributed by atoms with E-state index in [0.29, 0.717) is 50.3 Å². The molecule has 8 aliphatic carbocycles. The summed E-state index contributed by atoms with van der Waals surface area (Å²) in [5, 5.41) is 33.7. The minimum atomic E-state index is -0.694. The van der Waals surface area contributed by atoms with Crippen molar-refractivity contribution in [2.45, 2.75) is 128 Å². The maximum absolute atomic E-state index is 11.6. The Kier molecular flexibility index (Phi) is 9.99. The minimum absolute atomic E-state index is 0. The topological polar surface area (TPSA) is 198 Å². The lowest BCUT2D eigenvalue weighted by Gasteiger charge is -2.49. The van der Waals surface area contributed by atoms with Crippen molar-refractivity contribution in [3.8, 4) is 0 Å². The first-order valence-electron chi connectivity index (χ1n) is 15.8. The fraction of sp³-hybridized carbons (Fsp3) is 0.812. The molecule has 0 saturated heterocycles. The number of carbonyl (C=O) groups excluding carboxylic acids is 1. The number of fused-ring (bicyclic) bond motifs is 6. The van der Waals surface area contributed by atoms with Gasteiger partial charge in [0.2, 0.25) is 5.89 Å². The predicted octanol–water partition coefficient (Wildman–Crippen LogP) is 5.45. The number of esters is 1. The van der Waals surface area contributed by atoms with E-state index in [-0.39, 0.29) is 24.2 Å². The lowest BCUT2D eigenvalue weighted by molar-refractivity contribution is -0.172. The molecule has 5 N–H and O–H groups in total. The maximum Gasteiger partial charge on any atom is 0.311 e. The molecule has 44 heavy (non-hydrogen) atoms. The van der Waals surface area contributed by atoms with Gasteiger partial charge in [-0.25, -0.2) is 0 Å². The summed E-state index contributed by atoms with van der Waals surface area (Å²) in [6, 6.07) is 0. The molecule has 8 saturated carbocycles. The van der Waals surface area contributed by atoms with Crippen LogP contribution < -0.4 is 5.73 Å². The molecule has 0 aromatic carbocycles. The Morgan fingerprint density at radius 2 is 1.30 bits per heavy atom. The number of carboxylic acid groups (broad SMARTS) is 2. The van der Waals surface area contributed by atoms with E-state index in [9.17, 15) is 24.6 Å². The zero-order chi connectivity index (χ0) is 30.9. The fourth-order valence-electron chi connectivity index (χ4n) is 7.65. The summed E-state index contributed by atoms with van der Waals surface area (Å²) in [6.45, 7) is 0. The van der Waals surface area contributed by atoms with E-state index in [1.807, 2.05) is 0 Å². The fourth-order valence-corrected chi connectivity index (χ4v) is 7.65. The van der Waals surface area contributed by atoms with Crippen LogP contribution in [0.15, 0.2) is 9.68 Å². The molecule has 0 amide bonds. The second-order valence-corrected chi connectivity index (χ2v) is 14.1. The SMILES string of the molecule is C.COC(=O)C12CCC(C(=O)O)(CC1)CC2.N/C(CC1CC1)=N\O.O=C(O)C12CCC(c3nc(CC4CC4)no3)(CC1)CC2. The number of nitrogens with zero attached hydrogens (tertiary/aromatic N) is 3. The summed E-state index contributed by atoms with van der Waals surface area (Å²) in [7, 11) is 1.41. The molecule has 1 aromatic heterocycles. The molecule has 0 spiro atoms. The van der Waals surface area contributed by atoms with Crippen LogP contribution >= 0.6 is 0 Å². The third-order valence-electron chi connectivity index (χ3n) is 11.4. The lowest BCUT2D eigenvalue weighted by atomic mass is 9.53. The average molecular weight is 619 g/mol. The zero-order valence-electron chi connectivity index (χ0n) is 25.2. The Morgan fingerprint density at radius 1 is 0.841 bits per heavy atom. The summed E-state index contributed by atoms with van der Waals surface area (Å²) in [5.41, 5.74) is 3.79. The van der Waals surface area contributed by atoms with E-state index in [0.717, 1.165) is 69.0 Å². The number of amidine groups is 1. The number of ether oxygens (including phenoxy) is 1. The number of carbonyl (C=O) groups is 3. The first-order valence-corrected chi connectivity index (χ1v) is 15.8. The van der Waals surface area contributed by atoms with Crippen LogP contribution in [0.1, 0.15) is 128 Å². The maximum atomic E-state index is 11.6. The normalized spacial score (nSPS) is 33.5. The number of rotatable bonds is 8. The summed E-state index contributed by atoms with van der Waals surface area (Å²) in [6.07, 6.45) is 15.6. The van der Waals surface area contributed by atoms with Crippen molar-refractivity contribution in [2.24, 2.45) is 39.0 Å². The van der Waals surface area contributed by atoms with Gasteiger partial charge < -0.3 is 30.4 Å². The van der Waals surface area contributed by atoms with Crippen molar-refractivity contribution >= 4 is 23.7 Å². The second kappa shape index (κ2) is 13.0. The highest BCUT2D eigenvalue weighted by Crippen LogP contribution is 2.58. The summed E-state index contributed by atoms with van der Waals surface area (Å²) in [4.78, 5) is 38.9. The van der Waals surface area contributed by atoms with Crippen LogP contribution in [0.4, 0.5) is 0 Å². The van der Waals surface area contributed by atoms with Crippen LogP contribution in [0.3, 0.4) is 0 Å². The Morgan fingerprint density at radius 3 is 1.70 bits per heavy atom. The minimum Gasteiger partial charge on any atom is -0.481 e. The van der Waals surface area contributed by atoms with Gasteiger partial charge in [-0.2, -0.15) is 4.98 Å². The van der Waals surface area contributed by atoms with Crippen LogP contribution in [0.5, 0.6) is 0 Å². The van der Waals surface area contributed by atoms with Crippen molar-refractivity contribution < 1.29 is 39.1 Å². The molecule has 0 aliphatic heterocycles. The molecular weight excluding hydrogens is 568 g/mol. The Hall–Kier alpha value is -3.18. The highest BCUT2D eigenvalue weighted by Gasteiger charge is 2.57. The van der Waals surface area contributed by atoms with Gasteiger partial charge in [-0.15, -0.1) is 0 Å². The van der Waals surface area contributed by atoms with E-state index >= 15 is 0 Å². The van der Waals surface area contributed by atoms with Crippen LogP contribution in [-0.4, -0.2) is 56.4 Å². The third kappa shape index (κ3) is 6.88. The number of methoxy groups -OCH3 is 1. The number of aliphatic carboxylic acids is 2. The Balaban J connectivity index is 0.000000163. The monoisotopic (exact) mass is 618 g/mol. The highest BCUT2D eigenvalue weighted by atomic mass is 16.5. The summed E-state index contributed by atoms with van der Waals surface area (Å²) < 4.78 is 10.4. The molecule has 1 aromatic rings. The predicted molar refractivity (Wildman–Crippen MR) is 160 cm³/mol. The van der Waals surface area contributed by atoms with Gasteiger partial charge in [0.25, 0.3) is 0 Å². The standard InChI is InChI=1S/C15H20N2O3.C11H16O4.C5H10N2O.CH4/c18-13(19)15-6-3-14(4-7-15,5-8-15)12-16-11(17-20-12)9-10-1-2-10;1-15-9(14)11-5-2-10(3-6-11,4-7-11)8(12)13;6-5(7-8)3-4-1-2-4;/h10H,1-9H2,(H,18,19);2-7H2,1H3,(H,12,13);4,8H,1-3H2,(H2,6,7);1H4. The smallest absolute Gasteiger partial charge is 0.311 e. The largest absolute Gasteiger partial charge is 0.481 e. The van der Waals surface area contributed by atoms with Crippen LogP contribution in [-0.2, 0) is 31.0 Å². The van der Waals surface area contributed by atoms with Crippen molar-refractivity contribution in [1.29, 1.82) is 0 Å². The number of hydrogen-bond acceptors (Lipinski definition) is 9. The van der Waals surface area contributed by atoms with Gasteiger partial charge in [0.05, 0.1) is 23.4 Å². The molecule has 1 heterocycles. The van der Waals surface area contributed by atoms with E-state index in [1.54, 1.807) is 0 Å². The molecule has 8 aliphatic rings. The second-order valence-electron chi connectivity index (χ2n) is 14.1. The van der Waals surface area contributed by atoms with Crippen molar-refractivity contribution in [3.05, 3.63) is 11.7 Å². The van der Waals surface area contributed by atoms with Crippen molar-refractivity contribution in [1.82, 2.24) is 10.1 Å². The molecule has 9 rings (SSSR count). The zero-order valence-corrected chi connectivity index (χ0v) is 25.2. The van der Waals surface area contributed by atoms with E-state index in [4.69, 9.17) is 20.2 Å². The molecular formula is C32H50N4O8. The van der Waals surface area contributed by atoms with E-state index in [1.165, 1.54) is 32.8 Å². The van der Waals surface area contributed by atoms with Gasteiger partial charge in [0.1, 0.15) is 5.84 Å². The first kappa shape index (κ1) is 33.7. The van der Waals surface area contributed by atoms with Crippen LogP contribution in [0.2, 0.25) is 0 Å². The van der Waals surface area contributed by atoms with Gasteiger partial charge in [0, 0.05) is 18.3 Å². The summed E-state index contributed by atoms with van der Waals surface area (Å²) >= 11 is 0. The average Bonchev–Trinajstić information content (AvgIpc) is 3.98. The first-order chi connectivity index (χ1) is 20.5. The number of carboxylic acids is 2. The lowest BCUT2D eigenvalue weighted by Crippen LogP contribution is -2.49. The van der Waals surface area contributed by atoms with Gasteiger partial charge in [-0.1, -0.05) is 17.7 Å². The molecule has 0 radical (unpaired) electrons. The molecule has 4 bridgehead atoms. The van der Waals surface area contributed by atoms with Gasteiger partial charge in [-0.05, 0) is 115 Å². The highest BCUT2D eigenvalue weighted by molar-refractivity contribution is 5.81. The van der Waals surface area contributed by atoms with Crippen LogP contribution in [0.25, 0.3) is 0 Å².